The Labute approximate surface area is 493 Å². The lowest BCUT2D eigenvalue weighted by atomic mass is 9.99. The monoisotopic (exact) mass is 1110 g/mol. The minimum atomic E-state index is -4.69. The number of nitriles is 1. The summed E-state index contributed by atoms with van der Waals surface area (Å²) in [7, 11) is 0. The van der Waals surface area contributed by atoms with Crippen LogP contribution in [0.5, 0.6) is 0 Å². The molecule has 406 valence electrons. The predicted octanol–water partition coefficient (Wildman–Crippen LogP) is 20.3. The van der Waals surface area contributed by atoms with Crippen LogP contribution in [0.2, 0.25) is 0 Å². The molecule has 0 unspecified atom stereocenters. The van der Waals surface area contributed by atoms with E-state index in [1.54, 1.807) is 6.07 Å². The van der Waals surface area contributed by atoms with Crippen molar-refractivity contribution < 1.29 is 13.2 Å². The molecule has 0 atom stereocenters. The van der Waals surface area contributed by atoms with Crippen LogP contribution in [-0.2, 0) is 6.18 Å². The van der Waals surface area contributed by atoms with Crippen molar-refractivity contribution in [1.82, 2.24) is 24.1 Å². The topological polar surface area (TPSA) is 72.3 Å². The Morgan fingerprint density at radius 3 is 1.01 bits per heavy atom. The summed E-state index contributed by atoms with van der Waals surface area (Å²) in [5.74, 6) is 0.803. The molecular weight excluding hydrogens is 1070 g/mol. The zero-order valence-electron chi connectivity index (χ0n) is 46.0. The quantitative estimate of drug-likeness (QED) is 0.137. The van der Waals surface area contributed by atoms with Crippen molar-refractivity contribution in [3.8, 4) is 107 Å². The third-order valence-electron chi connectivity index (χ3n) is 16.2. The maximum atomic E-state index is 15.4. The van der Waals surface area contributed by atoms with Gasteiger partial charge in [-0.1, -0.05) is 194 Å². The SMILES string of the molecule is N#Cc1cccc(-c2ccc(-c3nc(-c4ccccc4)nc(-c4ccc(C(F)(F)F)cc4-n4c5ccc(-c6ccccc6)cc5c5cc(-c6ccccc6)ccc54)n3)c(-n3c4ccc(-c5ccccc5)cc4c4cc(-c5ccccc5)ccc43)c2)c1. The maximum Gasteiger partial charge on any atom is 0.416 e. The lowest BCUT2D eigenvalue weighted by molar-refractivity contribution is -0.137. The molecule has 0 bridgehead atoms. The van der Waals surface area contributed by atoms with Gasteiger partial charge in [0.1, 0.15) is 0 Å². The zero-order valence-corrected chi connectivity index (χ0v) is 46.0. The first-order valence-corrected chi connectivity index (χ1v) is 28.3. The summed E-state index contributed by atoms with van der Waals surface area (Å²) in [6, 6.07) is 95.6. The van der Waals surface area contributed by atoms with Crippen molar-refractivity contribution in [2.24, 2.45) is 0 Å². The van der Waals surface area contributed by atoms with Crippen LogP contribution in [0.1, 0.15) is 11.1 Å². The van der Waals surface area contributed by atoms with Gasteiger partial charge in [-0.3, -0.25) is 0 Å². The van der Waals surface area contributed by atoms with Crippen LogP contribution >= 0.6 is 0 Å². The largest absolute Gasteiger partial charge is 0.416 e. The highest BCUT2D eigenvalue weighted by Crippen LogP contribution is 2.45. The number of alkyl halides is 3. The van der Waals surface area contributed by atoms with E-state index in [0.717, 1.165) is 100.0 Å². The minimum absolute atomic E-state index is 0.174. The zero-order chi connectivity index (χ0) is 57.9. The molecule has 3 aromatic heterocycles. The molecule has 15 rings (SSSR count). The van der Waals surface area contributed by atoms with Gasteiger partial charge in [-0.2, -0.15) is 18.4 Å². The fourth-order valence-corrected chi connectivity index (χ4v) is 12.1. The summed E-state index contributed by atoms with van der Waals surface area (Å²) in [5.41, 5.74) is 15.6. The second-order valence-corrected chi connectivity index (χ2v) is 21.4. The van der Waals surface area contributed by atoms with Crippen LogP contribution in [-0.4, -0.2) is 24.1 Å². The average molecular weight is 1110 g/mol. The Morgan fingerprint density at radius 2 is 0.616 bits per heavy atom. The molecule has 0 aliphatic carbocycles. The fourth-order valence-electron chi connectivity index (χ4n) is 12.1. The molecule has 15 aromatic rings. The average Bonchev–Trinajstić information content (AvgIpc) is 2.62. The number of hydrogen-bond acceptors (Lipinski definition) is 4. The maximum absolute atomic E-state index is 15.4. The summed E-state index contributed by atoms with van der Waals surface area (Å²) < 4.78 is 50.3. The number of fused-ring (bicyclic) bond motifs is 6. The first kappa shape index (κ1) is 51.4. The third-order valence-corrected chi connectivity index (χ3v) is 16.2. The van der Waals surface area contributed by atoms with E-state index in [4.69, 9.17) is 15.0 Å². The van der Waals surface area contributed by atoms with Crippen molar-refractivity contribution in [2.75, 3.05) is 0 Å². The Kier molecular flexibility index (Phi) is 12.6. The molecule has 0 saturated carbocycles. The standard InChI is InChI=1S/C77H47F3N6/c78-77(79,80)61-34-36-63(73(47-61)86-70-39-32-58(52-22-10-3-11-23-52)44-66(70)67-45-59(33-40-71(67)86)53-24-12-4-13-25-53)76-83-74(54-26-14-5-15-27-54)82-75(84-76)62-35-29-60(55-28-16-17-49(41-55)48-81)46-72(62)85-68-37-30-56(50-18-6-1-7-19-50)42-64(68)65-43-57(31-38-69(65)85)51-20-8-2-9-21-51/h1-47H. The van der Waals surface area contributed by atoms with Crippen LogP contribution in [0, 0.1) is 11.3 Å². The Morgan fingerprint density at radius 1 is 0.291 bits per heavy atom. The first-order chi connectivity index (χ1) is 42.2. The number of nitrogens with zero attached hydrogens (tertiary/aromatic N) is 6. The first-order valence-electron chi connectivity index (χ1n) is 28.3. The Hall–Kier alpha value is -11.5. The molecule has 0 spiro atoms. The number of aromatic nitrogens is 5. The fraction of sp³-hybridized carbons (Fsp3) is 0.0130. The second-order valence-electron chi connectivity index (χ2n) is 21.4. The molecule has 0 aliphatic heterocycles. The number of halogens is 3. The molecule has 0 fully saturated rings. The van der Waals surface area contributed by atoms with Crippen LogP contribution in [0.15, 0.2) is 285 Å². The van der Waals surface area contributed by atoms with Crippen LogP contribution in [0.3, 0.4) is 0 Å². The van der Waals surface area contributed by atoms with Gasteiger partial charge < -0.3 is 9.13 Å². The molecule has 9 heteroatoms. The summed E-state index contributed by atoms with van der Waals surface area (Å²) in [4.78, 5) is 16.0. The van der Waals surface area contributed by atoms with Crippen LogP contribution < -0.4 is 0 Å². The van der Waals surface area contributed by atoms with Crippen LogP contribution in [0.4, 0.5) is 13.2 Å². The molecule has 0 aliphatic rings. The second kappa shape index (κ2) is 21.1. The number of hydrogen-bond donors (Lipinski definition) is 0. The van der Waals surface area contributed by atoms with E-state index in [1.165, 1.54) is 12.1 Å². The van der Waals surface area contributed by atoms with Crippen molar-refractivity contribution in [2.45, 2.75) is 6.18 Å². The summed E-state index contributed by atoms with van der Waals surface area (Å²) in [6.07, 6.45) is -4.69. The van der Waals surface area contributed by atoms with E-state index in [0.29, 0.717) is 44.9 Å². The Balaban J connectivity index is 1.01. The van der Waals surface area contributed by atoms with Gasteiger partial charge in [0, 0.05) is 38.2 Å². The molecule has 3 heterocycles. The molecule has 0 radical (unpaired) electrons. The van der Waals surface area contributed by atoms with Gasteiger partial charge in [-0.05, 0) is 147 Å². The summed E-state index contributed by atoms with van der Waals surface area (Å²) in [6.45, 7) is 0. The van der Waals surface area contributed by atoms with Crippen LogP contribution in [0.25, 0.3) is 145 Å². The highest BCUT2D eigenvalue weighted by molar-refractivity contribution is 6.13. The summed E-state index contributed by atoms with van der Waals surface area (Å²) >= 11 is 0. The van der Waals surface area contributed by atoms with E-state index >= 15 is 13.2 Å². The van der Waals surface area contributed by atoms with Gasteiger partial charge >= 0.3 is 6.18 Å². The molecule has 0 saturated heterocycles. The van der Waals surface area contributed by atoms with Gasteiger partial charge in [0.15, 0.2) is 17.5 Å². The summed E-state index contributed by atoms with van der Waals surface area (Å²) in [5, 5.41) is 13.9. The van der Waals surface area contributed by atoms with E-state index in [2.05, 4.69) is 114 Å². The highest BCUT2D eigenvalue weighted by atomic mass is 19.4. The Bertz CT molecular complexity index is 4950. The van der Waals surface area contributed by atoms with Gasteiger partial charge in [0.25, 0.3) is 0 Å². The molecule has 86 heavy (non-hydrogen) atoms. The van der Waals surface area contributed by atoms with Crippen molar-refractivity contribution in [3.05, 3.63) is 296 Å². The smallest absolute Gasteiger partial charge is 0.308 e. The van der Waals surface area contributed by atoms with Gasteiger partial charge in [0.05, 0.1) is 50.6 Å². The van der Waals surface area contributed by atoms with Gasteiger partial charge in [0.2, 0.25) is 0 Å². The lowest BCUT2D eigenvalue weighted by Gasteiger charge is -2.19. The highest BCUT2D eigenvalue weighted by Gasteiger charge is 2.33. The number of benzene rings is 12. The molecular formula is C77H47F3N6. The molecule has 12 aromatic carbocycles. The van der Waals surface area contributed by atoms with E-state index in [-0.39, 0.29) is 11.5 Å². The van der Waals surface area contributed by atoms with E-state index < -0.39 is 11.7 Å². The number of rotatable bonds is 10. The van der Waals surface area contributed by atoms with Crippen molar-refractivity contribution >= 4 is 43.6 Å². The minimum Gasteiger partial charge on any atom is -0.308 e. The normalized spacial score (nSPS) is 11.7. The van der Waals surface area contributed by atoms with E-state index in [9.17, 15) is 5.26 Å². The lowest BCUT2D eigenvalue weighted by Crippen LogP contribution is -2.09. The van der Waals surface area contributed by atoms with Crippen molar-refractivity contribution in [3.63, 3.8) is 0 Å². The predicted molar refractivity (Wildman–Crippen MR) is 342 cm³/mol. The molecule has 0 amide bonds. The van der Waals surface area contributed by atoms with Gasteiger partial charge in [-0.25, -0.2) is 15.0 Å². The third kappa shape index (κ3) is 9.23. The molecule has 0 N–H and O–H groups in total. The molecule has 6 nitrogen and oxygen atoms in total. The van der Waals surface area contributed by atoms with E-state index in [1.807, 2.05) is 162 Å². The van der Waals surface area contributed by atoms with Gasteiger partial charge in [-0.15, -0.1) is 0 Å². The van der Waals surface area contributed by atoms with Crippen molar-refractivity contribution in [1.29, 1.82) is 5.26 Å².